The highest BCUT2D eigenvalue weighted by molar-refractivity contribution is 9.10. The number of halogens is 1. The Hall–Kier alpha value is -1.03. The van der Waals surface area contributed by atoms with E-state index in [4.69, 9.17) is 4.74 Å². The van der Waals surface area contributed by atoms with Crippen LogP contribution in [-0.4, -0.2) is 18.2 Å². The first-order valence-corrected chi connectivity index (χ1v) is 6.83. The molecule has 0 spiro atoms. The highest BCUT2D eigenvalue weighted by Gasteiger charge is 2.52. The van der Waals surface area contributed by atoms with Crippen LogP contribution in [0.1, 0.15) is 43.7 Å². The van der Waals surface area contributed by atoms with Crippen molar-refractivity contribution in [3.63, 3.8) is 0 Å². The maximum atomic E-state index is 11.4. The van der Waals surface area contributed by atoms with Crippen LogP contribution in [0.3, 0.4) is 0 Å². The Kier molecular flexibility index (Phi) is 3.41. The second kappa shape index (κ2) is 4.57. The number of methoxy groups -OCH3 is 1. The number of hydrogen-bond acceptors (Lipinski definition) is 2. The number of ether oxygens (including phenoxy) is 1. The Bertz CT molecular complexity index is 490. The Labute approximate surface area is 115 Å². The van der Waals surface area contributed by atoms with Crippen molar-refractivity contribution in [2.24, 2.45) is 0 Å². The summed E-state index contributed by atoms with van der Waals surface area (Å²) in [7, 11) is 1.63. The standard InChI is InChI=1S/C14H17BrO3/c1-8(2)10-6-9(7-11(15)12(10)18-3)14(4-5-14)13(16)17/h6-8H,4-5H2,1-3H3,(H,16,17). The number of hydrogen-bond donors (Lipinski definition) is 1. The van der Waals surface area contributed by atoms with Crippen molar-refractivity contribution >= 4 is 21.9 Å². The number of rotatable bonds is 4. The van der Waals surface area contributed by atoms with Crippen LogP contribution in [0.2, 0.25) is 0 Å². The average Bonchev–Trinajstić information content (AvgIpc) is 3.08. The largest absolute Gasteiger partial charge is 0.495 e. The van der Waals surface area contributed by atoms with Crippen LogP contribution in [-0.2, 0) is 10.2 Å². The fourth-order valence-electron chi connectivity index (χ4n) is 2.29. The minimum absolute atomic E-state index is 0.292. The summed E-state index contributed by atoms with van der Waals surface area (Å²) in [6.45, 7) is 4.16. The van der Waals surface area contributed by atoms with Gasteiger partial charge in [0.15, 0.2) is 0 Å². The van der Waals surface area contributed by atoms with Gasteiger partial charge in [-0.05, 0) is 51.9 Å². The fraction of sp³-hybridized carbons (Fsp3) is 0.500. The second-order valence-corrected chi connectivity index (χ2v) is 5.98. The van der Waals surface area contributed by atoms with Gasteiger partial charge in [-0.3, -0.25) is 4.79 Å². The number of aliphatic carboxylic acids is 1. The molecule has 1 N–H and O–H groups in total. The zero-order valence-electron chi connectivity index (χ0n) is 10.8. The van der Waals surface area contributed by atoms with Gasteiger partial charge in [0, 0.05) is 0 Å². The van der Waals surface area contributed by atoms with Crippen LogP contribution in [0.4, 0.5) is 0 Å². The molecule has 1 aromatic carbocycles. The van der Waals surface area contributed by atoms with Gasteiger partial charge in [0.1, 0.15) is 5.75 Å². The van der Waals surface area contributed by atoms with E-state index in [1.165, 1.54) is 0 Å². The first-order valence-electron chi connectivity index (χ1n) is 6.03. The van der Waals surface area contributed by atoms with Gasteiger partial charge < -0.3 is 9.84 Å². The predicted octanol–water partition coefficient (Wildman–Crippen LogP) is 3.70. The molecule has 0 amide bonds. The number of carboxylic acids is 1. The zero-order chi connectivity index (χ0) is 13.5. The van der Waals surface area contributed by atoms with Gasteiger partial charge in [-0.25, -0.2) is 0 Å². The van der Waals surface area contributed by atoms with Gasteiger partial charge >= 0.3 is 5.97 Å². The molecule has 3 nitrogen and oxygen atoms in total. The summed E-state index contributed by atoms with van der Waals surface area (Å²) in [6.07, 6.45) is 1.44. The van der Waals surface area contributed by atoms with E-state index in [1.54, 1.807) is 7.11 Å². The maximum absolute atomic E-state index is 11.4. The lowest BCUT2D eigenvalue weighted by Gasteiger charge is -2.18. The molecule has 0 aliphatic heterocycles. The summed E-state index contributed by atoms with van der Waals surface area (Å²) in [5.74, 6) is 0.366. The van der Waals surface area contributed by atoms with E-state index >= 15 is 0 Å². The molecule has 0 heterocycles. The third kappa shape index (κ3) is 2.03. The first kappa shape index (κ1) is 13.4. The lowest BCUT2D eigenvalue weighted by atomic mass is 9.91. The normalized spacial score (nSPS) is 16.7. The van der Waals surface area contributed by atoms with Crippen LogP contribution in [0.5, 0.6) is 5.75 Å². The van der Waals surface area contributed by atoms with Crippen molar-refractivity contribution in [1.29, 1.82) is 0 Å². The Morgan fingerprint density at radius 3 is 2.44 bits per heavy atom. The van der Waals surface area contributed by atoms with Gasteiger partial charge in [0.25, 0.3) is 0 Å². The first-order chi connectivity index (χ1) is 8.42. The second-order valence-electron chi connectivity index (χ2n) is 5.12. The van der Waals surface area contributed by atoms with Gasteiger partial charge in [-0.15, -0.1) is 0 Å². The van der Waals surface area contributed by atoms with Crippen molar-refractivity contribution < 1.29 is 14.6 Å². The molecular weight excluding hydrogens is 296 g/mol. The topological polar surface area (TPSA) is 46.5 Å². The Morgan fingerprint density at radius 1 is 1.44 bits per heavy atom. The summed E-state index contributed by atoms with van der Waals surface area (Å²) < 4.78 is 6.22. The van der Waals surface area contributed by atoms with E-state index in [-0.39, 0.29) is 0 Å². The van der Waals surface area contributed by atoms with E-state index < -0.39 is 11.4 Å². The van der Waals surface area contributed by atoms with Crippen molar-refractivity contribution in [2.75, 3.05) is 7.11 Å². The summed E-state index contributed by atoms with van der Waals surface area (Å²) in [6, 6.07) is 3.86. The molecule has 0 bridgehead atoms. The Morgan fingerprint density at radius 2 is 2.06 bits per heavy atom. The zero-order valence-corrected chi connectivity index (χ0v) is 12.4. The van der Waals surface area contributed by atoms with E-state index in [1.807, 2.05) is 12.1 Å². The number of carbonyl (C=O) groups is 1. The molecule has 0 aromatic heterocycles. The Balaban J connectivity index is 2.55. The summed E-state index contributed by atoms with van der Waals surface area (Å²) in [4.78, 5) is 11.4. The van der Waals surface area contributed by atoms with Crippen LogP contribution in [0.15, 0.2) is 16.6 Å². The molecule has 0 atom stereocenters. The number of carboxylic acid groups (broad SMARTS) is 1. The van der Waals surface area contributed by atoms with Crippen molar-refractivity contribution in [3.05, 3.63) is 27.7 Å². The molecule has 0 unspecified atom stereocenters. The molecule has 4 heteroatoms. The third-order valence-electron chi connectivity index (χ3n) is 3.61. The van der Waals surface area contributed by atoms with Crippen LogP contribution < -0.4 is 4.74 Å². The molecule has 18 heavy (non-hydrogen) atoms. The third-order valence-corrected chi connectivity index (χ3v) is 4.20. The molecular formula is C14H17BrO3. The molecule has 0 saturated heterocycles. The molecule has 1 aliphatic rings. The highest BCUT2D eigenvalue weighted by Crippen LogP contribution is 2.51. The van der Waals surface area contributed by atoms with Crippen molar-refractivity contribution in [3.8, 4) is 5.75 Å². The van der Waals surface area contributed by atoms with Crippen molar-refractivity contribution in [2.45, 2.75) is 38.0 Å². The fourth-order valence-corrected chi connectivity index (χ4v) is 2.92. The number of benzene rings is 1. The average molecular weight is 313 g/mol. The lowest BCUT2D eigenvalue weighted by Crippen LogP contribution is -2.20. The summed E-state index contributed by atoms with van der Waals surface area (Å²) in [5, 5.41) is 9.36. The predicted molar refractivity (Wildman–Crippen MR) is 73.3 cm³/mol. The minimum Gasteiger partial charge on any atom is -0.495 e. The quantitative estimate of drug-likeness (QED) is 0.922. The lowest BCUT2D eigenvalue weighted by molar-refractivity contribution is -0.140. The summed E-state index contributed by atoms with van der Waals surface area (Å²) >= 11 is 3.48. The monoisotopic (exact) mass is 312 g/mol. The smallest absolute Gasteiger partial charge is 0.314 e. The van der Waals surface area contributed by atoms with Crippen LogP contribution in [0, 0.1) is 0 Å². The SMILES string of the molecule is COc1c(Br)cc(C2(C(=O)O)CC2)cc1C(C)C. The van der Waals surface area contributed by atoms with Gasteiger partial charge in [-0.1, -0.05) is 19.9 Å². The van der Waals surface area contributed by atoms with Crippen molar-refractivity contribution in [1.82, 2.24) is 0 Å². The van der Waals surface area contributed by atoms with Gasteiger partial charge in [-0.2, -0.15) is 0 Å². The van der Waals surface area contributed by atoms with Gasteiger partial charge in [0.2, 0.25) is 0 Å². The van der Waals surface area contributed by atoms with Gasteiger partial charge in [0.05, 0.1) is 17.0 Å². The minimum atomic E-state index is -0.728. The molecule has 2 rings (SSSR count). The van der Waals surface area contributed by atoms with E-state index in [0.29, 0.717) is 5.92 Å². The highest BCUT2D eigenvalue weighted by atomic mass is 79.9. The molecule has 1 aromatic rings. The molecule has 1 saturated carbocycles. The van der Waals surface area contributed by atoms with E-state index in [9.17, 15) is 9.90 Å². The van der Waals surface area contributed by atoms with E-state index in [0.717, 1.165) is 34.2 Å². The van der Waals surface area contributed by atoms with Crippen LogP contribution >= 0.6 is 15.9 Å². The molecule has 98 valence electrons. The maximum Gasteiger partial charge on any atom is 0.314 e. The molecule has 0 radical (unpaired) electrons. The van der Waals surface area contributed by atoms with Crippen LogP contribution in [0.25, 0.3) is 0 Å². The summed E-state index contributed by atoms with van der Waals surface area (Å²) in [5.41, 5.74) is 1.26. The molecule has 1 aliphatic carbocycles. The molecule has 1 fully saturated rings. The van der Waals surface area contributed by atoms with E-state index in [2.05, 4.69) is 29.8 Å².